The SMILES string of the molecule is FC(F)(F)Cn1c2cc3c(cccc31)NC1CCNCC1CCOCCOCCOc1cccc(c1)NCC#C2. The van der Waals surface area contributed by atoms with E-state index >= 15 is 0 Å². The van der Waals surface area contributed by atoms with E-state index in [-0.39, 0.29) is 12.6 Å². The normalized spacial score (nSPS) is 21.3. The minimum absolute atomic E-state index is 0.171. The second kappa shape index (κ2) is 13.3. The van der Waals surface area contributed by atoms with Gasteiger partial charge in [0.15, 0.2) is 0 Å². The molecule has 3 heterocycles. The van der Waals surface area contributed by atoms with E-state index < -0.39 is 12.7 Å². The van der Waals surface area contributed by atoms with Crippen LogP contribution in [0.3, 0.4) is 0 Å². The summed E-state index contributed by atoms with van der Waals surface area (Å²) in [5.74, 6) is 6.98. The Labute approximate surface area is 232 Å². The maximum atomic E-state index is 13.6. The first kappa shape index (κ1) is 28.1. The molecule has 2 unspecified atom stereocenters. The first-order chi connectivity index (χ1) is 19.5. The topological polar surface area (TPSA) is 68.7 Å². The third-order valence-electron chi connectivity index (χ3n) is 7.16. The number of fused-ring (bicyclic) bond motifs is 4. The zero-order valence-electron chi connectivity index (χ0n) is 22.4. The molecule has 5 rings (SSSR count). The summed E-state index contributed by atoms with van der Waals surface area (Å²) in [6.45, 7) is 3.36. The highest BCUT2D eigenvalue weighted by Gasteiger charge is 2.30. The van der Waals surface area contributed by atoms with Gasteiger partial charge in [-0.25, -0.2) is 0 Å². The Morgan fingerprint density at radius 1 is 0.950 bits per heavy atom. The van der Waals surface area contributed by atoms with Crippen LogP contribution in [0.2, 0.25) is 0 Å². The average Bonchev–Trinajstić information content (AvgIpc) is 3.27. The lowest BCUT2D eigenvalue weighted by Crippen LogP contribution is -2.44. The van der Waals surface area contributed by atoms with Crippen LogP contribution in [0, 0.1) is 17.8 Å². The fourth-order valence-electron chi connectivity index (χ4n) is 5.23. The molecule has 3 N–H and O–H groups in total. The molecular formula is C30H35F3N4O3. The molecule has 1 aromatic heterocycles. The molecule has 2 atom stereocenters. The van der Waals surface area contributed by atoms with E-state index in [1.807, 2.05) is 30.3 Å². The first-order valence-electron chi connectivity index (χ1n) is 13.7. The molecule has 3 aromatic rings. The van der Waals surface area contributed by atoms with E-state index in [4.69, 9.17) is 14.2 Å². The molecule has 7 nitrogen and oxygen atoms in total. The lowest BCUT2D eigenvalue weighted by Gasteiger charge is -2.33. The van der Waals surface area contributed by atoms with E-state index in [1.54, 1.807) is 18.2 Å². The molecule has 0 radical (unpaired) electrons. The van der Waals surface area contributed by atoms with Crippen LogP contribution in [0.25, 0.3) is 10.9 Å². The molecule has 0 aliphatic carbocycles. The molecule has 214 valence electrons. The lowest BCUT2D eigenvalue weighted by atomic mass is 9.90. The second-order valence-corrected chi connectivity index (χ2v) is 10.0. The second-order valence-electron chi connectivity index (χ2n) is 10.0. The van der Waals surface area contributed by atoms with Crippen molar-refractivity contribution in [2.75, 3.05) is 63.3 Å². The number of rotatable bonds is 1. The van der Waals surface area contributed by atoms with E-state index in [0.717, 1.165) is 42.7 Å². The molecule has 0 spiro atoms. The van der Waals surface area contributed by atoms with Gasteiger partial charge in [-0.3, -0.25) is 0 Å². The summed E-state index contributed by atoms with van der Waals surface area (Å²) in [5.41, 5.74) is 2.46. The highest BCUT2D eigenvalue weighted by atomic mass is 19.4. The van der Waals surface area contributed by atoms with Crippen molar-refractivity contribution in [3.8, 4) is 17.6 Å². The molecular weight excluding hydrogens is 521 g/mol. The van der Waals surface area contributed by atoms with Crippen LogP contribution in [0.4, 0.5) is 24.5 Å². The van der Waals surface area contributed by atoms with E-state index in [1.165, 1.54) is 4.57 Å². The van der Waals surface area contributed by atoms with Gasteiger partial charge in [0.05, 0.1) is 37.6 Å². The first-order valence-corrected chi connectivity index (χ1v) is 13.7. The molecule has 4 bridgehead atoms. The van der Waals surface area contributed by atoms with Crippen LogP contribution in [0.1, 0.15) is 18.5 Å². The Balaban J connectivity index is 1.44. The van der Waals surface area contributed by atoms with Crippen LogP contribution >= 0.6 is 0 Å². The number of nitrogens with one attached hydrogen (secondary N) is 3. The van der Waals surface area contributed by atoms with Gasteiger partial charge in [-0.15, -0.1) is 0 Å². The molecule has 0 amide bonds. The van der Waals surface area contributed by atoms with Crippen LogP contribution in [0.5, 0.6) is 5.75 Å². The van der Waals surface area contributed by atoms with Crippen molar-refractivity contribution in [1.82, 2.24) is 9.88 Å². The molecule has 1 fully saturated rings. The van der Waals surface area contributed by atoms with Crippen molar-refractivity contribution in [3.05, 3.63) is 54.2 Å². The van der Waals surface area contributed by atoms with Crippen molar-refractivity contribution in [3.63, 3.8) is 0 Å². The number of benzene rings is 2. The van der Waals surface area contributed by atoms with Crippen LogP contribution in [0.15, 0.2) is 48.5 Å². The van der Waals surface area contributed by atoms with Gasteiger partial charge in [0, 0.05) is 35.5 Å². The van der Waals surface area contributed by atoms with Crippen LogP contribution in [-0.4, -0.2) is 69.5 Å². The molecule has 2 aromatic carbocycles. The number of nitrogens with zero attached hydrogens (tertiary/aromatic N) is 1. The Kier molecular flexibility index (Phi) is 9.37. The Hall–Kier alpha value is -3.39. The van der Waals surface area contributed by atoms with Gasteiger partial charge in [0.25, 0.3) is 0 Å². The largest absolute Gasteiger partial charge is 0.491 e. The number of aromatic nitrogens is 1. The number of piperidine rings is 1. The summed E-state index contributed by atoms with van der Waals surface area (Å²) in [4.78, 5) is 0. The Morgan fingerprint density at radius 3 is 2.65 bits per heavy atom. The van der Waals surface area contributed by atoms with Crippen molar-refractivity contribution in [1.29, 1.82) is 0 Å². The standard InChI is InChI=1S/C30H35F3N4O3/c31-30(32,33)21-37-24-5-3-11-35-23-4-1-6-25(18-23)40-17-16-39-15-14-38-13-10-22-20-34-12-9-27(22)36-28-7-2-8-29(37)26(28)19-24/h1-2,4,6-8,18-19,22,27,34-36H,9-17,20-21H2. The van der Waals surface area contributed by atoms with Crippen LogP contribution < -0.4 is 20.7 Å². The van der Waals surface area contributed by atoms with Gasteiger partial charge >= 0.3 is 6.18 Å². The van der Waals surface area contributed by atoms with Gasteiger partial charge in [-0.05, 0) is 68.1 Å². The van der Waals surface area contributed by atoms with E-state index in [0.29, 0.717) is 55.9 Å². The minimum Gasteiger partial charge on any atom is -0.491 e. The highest BCUT2D eigenvalue weighted by Crippen LogP contribution is 2.32. The fraction of sp³-hybridized carbons (Fsp3) is 0.467. The van der Waals surface area contributed by atoms with Gasteiger partial charge in [-0.2, -0.15) is 13.2 Å². The van der Waals surface area contributed by atoms with E-state index in [2.05, 4.69) is 27.8 Å². The molecule has 10 heteroatoms. The molecule has 2 aliphatic heterocycles. The van der Waals surface area contributed by atoms with Gasteiger partial charge in [0.2, 0.25) is 0 Å². The Bertz CT molecular complexity index is 1330. The minimum atomic E-state index is -4.38. The maximum Gasteiger partial charge on any atom is 0.406 e. The smallest absolute Gasteiger partial charge is 0.406 e. The molecule has 1 saturated heterocycles. The number of anilines is 2. The zero-order chi connectivity index (χ0) is 27.8. The highest BCUT2D eigenvalue weighted by molar-refractivity contribution is 5.94. The van der Waals surface area contributed by atoms with Crippen LogP contribution in [-0.2, 0) is 16.0 Å². The van der Waals surface area contributed by atoms with Gasteiger partial charge in [0.1, 0.15) is 18.9 Å². The third-order valence-corrected chi connectivity index (χ3v) is 7.16. The third kappa shape index (κ3) is 7.62. The summed E-state index contributed by atoms with van der Waals surface area (Å²) >= 11 is 0. The number of halogens is 3. The van der Waals surface area contributed by atoms with Crippen molar-refractivity contribution in [2.45, 2.75) is 31.6 Å². The number of hydrogen-bond donors (Lipinski definition) is 3. The Morgan fingerprint density at radius 2 is 1.77 bits per heavy atom. The summed E-state index contributed by atoms with van der Waals surface area (Å²) in [6.07, 6.45) is -2.61. The summed E-state index contributed by atoms with van der Waals surface area (Å²) in [7, 11) is 0. The average molecular weight is 557 g/mol. The molecule has 2 aliphatic rings. The predicted molar refractivity (Wildman–Crippen MR) is 150 cm³/mol. The zero-order valence-corrected chi connectivity index (χ0v) is 22.4. The van der Waals surface area contributed by atoms with Crippen molar-refractivity contribution >= 4 is 22.3 Å². The predicted octanol–water partition coefficient (Wildman–Crippen LogP) is 4.87. The lowest BCUT2D eigenvalue weighted by molar-refractivity contribution is -0.140. The fourth-order valence-corrected chi connectivity index (χ4v) is 5.23. The quantitative estimate of drug-likeness (QED) is 0.372. The van der Waals surface area contributed by atoms with Crippen molar-refractivity contribution in [2.24, 2.45) is 5.92 Å². The number of alkyl halides is 3. The number of hydrogen-bond acceptors (Lipinski definition) is 6. The summed E-state index contributed by atoms with van der Waals surface area (Å²) in [6, 6.07) is 14.9. The monoisotopic (exact) mass is 556 g/mol. The van der Waals surface area contributed by atoms with Crippen molar-refractivity contribution < 1.29 is 27.4 Å². The summed E-state index contributed by atoms with van der Waals surface area (Å²) < 4.78 is 59.3. The molecule has 0 saturated carbocycles. The number of ether oxygens (including phenoxy) is 3. The van der Waals surface area contributed by atoms with Gasteiger partial charge < -0.3 is 34.7 Å². The summed E-state index contributed by atoms with van der Waals surface area (Å²) in [5, 5.41) is 11.0. The van der Waals surface area contributed by atoms with E-state index in [9.17, 15) is 13.2 Å². The maximum absolute atomic E-state index is 13.6. The molecule has 40 heavy (non-hydrogen) atoms. The van der Waals surface area contributed by atoms with Gasteiger partial charge in [-0.1, -0.05) is 18.1 Å².